The lowest BCUT2D eigenvalue weighted by atomic mass is 9.87. The maximum Gasteiger partial charge on any atom is 0.237 e. The van der Waals surface area contributed by atoms with E-state index in [-0.39, 0.29) is 24.3 Å². The highest BCUT2D eigenvalue weighted by Crippen LogP contribution is 2.48. The molecule has 2 unspecified atom stereocenters. The van der Waals surface area contributed by atoms with Crippen LogP contribution in [0.3, 0.4) is 0 Å². The normalized spacial score (nSPS) is 22.8. The van der Waals surface area contributed by atoms with E-state index in [9.17, 15) is 18.4 Å². The van der Waals surface area contributed by atoms with Crippen molar-refractivity contribution in [2.24, 2.45) is 17.6 Å². The first kappa shape index (κ1) is 18.8. The zero-order chi connectivity index (χ0) is 18.7. The van der Waals surface area contributed by atoms with Crippen LogP contribution in [0.2, 0.25) is 0 Å². The van der Waals surface area contributed by atoms with Crippen molar-refractivity contribution in [3.8, 4) is 0 Å². The molecule has 0 spiro atoms. The van der Waals surface area contributed by atoms with Crippen LogP contribution in [0.1, 0.15) is 56.4 Å². The van der Waals surface area contributed by atoms with Crippen LogP contribution in [0.5, 0.6) is 0 Å². The Kier molecular flexibility index (Phi) is 5.89. The molecular formula is C20H26F2N2O2. The summed E-state index contributed by atoms with van der Waals surface area (Å²) in [6, 6.07) is 3.78. The van der Waals surface area contributed by atoms with E-state index in [0.29, 0.717) is 24.4 Å². The number of carbonyl (C=O) groups is 2. The average Bonchev–Trinajstić information content (AvgIpc) is 3.41. The number of amides is 2. The van der Waals surface area contributed by atoms with E-state index >= 15 is 0 Å². The summed E-state index contributed by atoms with van der Waals surface area (Å²) in [4.78, 5) is 25.7. The minimum absolute atomic E-state index is 0.0768. The highest BCUT2D eigenvalue weighted by atomic mass is 19.2. The Bertz CT molecular complexity index is 674. The molecule has 26 heavy (non-hydrogen) atoms. The zero-order valence-corrected chi connectivity index (χ0v) is 14.9. The van der Waals surface area contributed by atoms with Gasteiger partial charge in [-0.2, -0.15) is 0 Å². The molecule has 4 nitrogen and oxygen atoms in total. The first-order chi connectivity index (χ1) is 12.5. The summed E-state index contributed by atoms with van der Waals surface area (Å²) in [7, 11) is 0. The van der Waals surface area contributed by atoms with E-state index in [0.717, 1.165) is 18.6 Å². The molecule has 2 saturated carbocycles. The minimum Gasteiger partial charge on any atom is -0.368 e. The fraction of sp³-hybridized carbons (Fsp3) is 0.600. The number of hydrogen-bond acceptors (Lipinski definition) is 2. The van der Waals surface area contributed by atoms with Crippen molar-refractivity contribution in [2.45, 2.75) is 50.9 Å². The number of rotatable bonds is 7. The summed E-state index contributed by atoms with van der Waals surface area (Å²) in [6.07, 6.45) is 7.59. The van der Waals surface area contributed by atoms with Gasteiger partial charge in [-0.3, -0.25) is 9.59 Å². The lowest BCUT2D eigenvalue weighted by Gasteiger charge is -2.26. The van der Waals surface area contributed by atoms with Gasteiger partial charge in [0.15, 0.2) is 11.6 Å². The van der Waals surface area contributed by atoms with Crippen molar-refractivity contribution in [1.29, 1.82) is 0 Å². The third kappa shape index (κ3) is 4.59. The first-order valence-electron chi connectivity index (χ1n) is 9.47. The van der Waals surface area contributed by atoms with Gasteiger partial charge < -0.3 is 10.6 Å². The largest absolute Gasteiger partial charge is 0.368 e. The van der Waals surface area contributed by atoms with Gasteiger partial charge in [0.2, 0.25) is 11.8 Å². The van der Waals surface area contributed by atoms with Crippen LogP contribution in [-0.4, -0.2) is 29.8 Å². The number of halogens is 2. The van der Waals surface area contributed by atoms with Gasteiger partial charge in [-0.15, -0.1) is 0 Å². The molecule has 0 heterocycles. The lowest BCUT2D eigenvalue weighted by Crippen LogP contribution is -2.40. The average molecular weight is 364 g/mol. The van der Waals surface area contributed by atoms with Crippen molar-refractivity contribution < 1.29 is 18.4 Å². The van der Waals surface area contributed by atoms with E-state index in [2.05, 4.69) is 0 Å². The fourth-order valence-corrected chi connectivity index (χ4v) is 4.08. The third-order valence-corrected chi connectivity index (χ3v) is 5.67. The minimum atomic E-state index is -0.896. The van der Waals surface area contributed by atoms with Crippen LogP contribution in [0, 0.1) is 23.5 Å². The second-order valence-electron chi connectivity index (χ2n) is 7.64. The molecule has 2 aliphatic rings. The smallest absolute Gasteiger partial charge is 0.237 e. The van der Waals surface area contributed by atoms with Crippen LogP contribution >= 0.6 is 0 Å². The molecule has 2 aliphatic carbocycles. The number of hydrogen-bond donors (Lipinski definition) is 1. The monoisotopic (exact) mass is 364 g/mol. The molecule has 0 radical (unpaired) electrons. The molecule has 142 valence electrons. The Morgan fingerprint density at radius 3 is 2.50 bits per heavy atom. The summed E-state index contributed by atoms with van der Waals surface area (Å²) in [5, 5.41) is 0. The van der Waals surface area contributed by atoms with Crippen LogP contribution in [0.4, 0.5) is 8.78 Å². The van der Waals surface area contributed by atoms with Gasteiger partial charge in [0, 0.05) is 12.5 Å². The van der Waals surface area contributed by atoms with Crippen LogP contribution in [-0.2, 0) is 9.59 Å². The second kappa shape index (κ2) is 8.14. The number of nitrogens with zero attached hydrogens (tertiary/aromatic N) is 1. The van der Waals surface area contributed by atoms with E-state index < -0.39 is 17.5 Å². The fourth-order valence-electron chi connectivity index (χ4n) is 4.08. The summed E-state index contributed by atoms with van der Waals surface area (Å²) < 4.78 is 26.5. The highest BCUT2D eigenvalue weighted by Gasteiger charge is 2.46. The molecule has 3 rings (SSSR count). The summed E-state index contributed by atoms with van der Waals surface area (Å²) in [6.45, 7) is 0.458. The zero-order valence-electron chi connectivity index (χ0n) is 14.9. The van der Waals surface area contributed by atoms with E-state index in [4.69, 9.17) is 5.73 Å². The SMILES string of the molecule is NC(=O)CN(CCC1CCCCC1)C(=O)C1CC1c1ccc(F)c(F)c1. The standard InChI is InChI=1S/C20H26F2N2O2/c21-17-7-6-14(10-18(17)22)15-11-16(15)20(26)24(12-19(23)25)9-8-13-4-2-1-3-5-13/h6-7,10,13,15-16H,1-5,8-9,11-12H2,(H2,23,25). The highest BCUT2D eigenvalue weighted by molar-refractivity contribution is 5.87. The van der Waals surface area contributed by atoms with Crippen LogP contribution in [0.25, 0.3) is 0 Å². The van der Waals surface area contributed by atoms with Crippen molar-refractivity contribution in [2.75, 3.05) is 13.1 Å². The van der Waals surface area contributed by atoms with Gasteiger partial charge in [-0.05, 0) is 42.4 Å². The molecule has 0 bridgehead atoms. The lowest BCUT2D eigenvalue weighted by molar-refractivity contribution is -0.136. The molecule has 2 atom stereocenters. The maximum absolute atomic E-state index is 13.4. The van der Waals surface area contributed by atoms with Crippen LogP contribution < -0.4 is 5.73 Å². The Morgan fingerprint density at radius 1 is 1.12 bits per heavy atom. The van der Waals surface area contributed by atoms with Gasteiger partial charge in [0.1, 0.15) is 0 Å². The van der Waals surface area contributed by atoms with E-state index in [1.165, 1.54) is 38.2 Å². The molecule has 0 aromatic heterocycles. The molecule has 2 fully saturated rings. The van der Waals surface area contributed by atoms with E-state index in [1.54, 1.807) is 4.90 Å². The molecule has 1 aromatic rings. The van der Waals surface area contributed by atoms with E-state index in [1.807, 2.05) is 0 Å². The number of benzene rings is 1. The maximum atomic E-state index is 13.4. The van der Waals surface area contributed by atoms with Crippen molar-refractivity contribution >= 4 is 11.8 Å². The van der Waals surface area contributed by atoms with Crippen molar-refractivity contribution in [3.63, 3.8) is 0 Å². The molecule has 1 aromatic carbocycles. The third-order valence-electron chi connectivity index (χ3n) is 5.67. The Labute approximate surface area is 152 Å². The molecule has 6 heteroatoms. The number of carbonyl (C=O) groups excluding carboxylic acids is 2. The van der Waals surface area contributed by atoms with Crippen molar-refractivity contribution in [3.05, 3.63) is 35.4 Å². The number of primary amides is 1. The topological polar surface area (TPSA) is 63.4 Å². The summed E-state index contributed by atoms with van der Waals surface area (Å²) in [5.41, 5.74) is 5.95. The van der Waals surface area contributed by atoms with Gasteiger partial charge in [0.25, 0.3) is 0 Å². The summed E-state index contributed by atoms with van der Waals surface area (Å²) >= 11 is 0. The van der Waals surface area contributed by atoms with Gasteiger partial charge in [0.05, 0.1) is 6.54 Å². The van der Waals surface area contributed by atoms with Gasteiger partial charge in [-0.25, -0.2) is 8.78 Å². The van der Waals surface area contributed by atoms with Crippen LogP contribution in [0.15, 0.2) is 18.2 Å². The Balaban J connectivity index is 1.60. The molecular weight excluding hydrogens is 338 g/mol. The summed E-state index contributed by atoms with van der Waals surface area (Å²) in [5.74, 6) is -2.19. The van der Waals surface area contributed by atoms with Gasteiger partial charge in [-0.1, -0.05) is 38.2 Å². The second-order valence-corrected chi connectivity index (χ2v) is 7.64. The molecule has 2 amide bonds. The predicted molar refractivity (Wildman–Crippen MR) is 94.2 cm³/mol. The first-order valence-corrected chi connectivity index (χ1v) is 9.47. The Hall–Kier alpha value is -1.98. The molecule has 0 aliphatic heterocycles. The molecule has 2 N–H and O–H groups in total. The predicted octanol–water partition coefficient (Wildman–Crippen LogP) is 3.35. The Morgan fingerprint density at radius 2 is 1.85 bits per heavy atom. The quantitative estimate of drug-likeness (QED) is 0.806. The number of nitrogens with two attached hydrogens (primary N) is 1. The molecule has 0 saturated heterocycles. The van der Waals surface area contributed by atoms with Crippen molar-refractivity contribution in [1.82, 2.24) is 4.90 Å². The van der Waals surface area contributed by atoms with Gasteiger partial charge >= 0.3 is 0 Å².